The lowest BCUT2D eigenvalue weighted by molar-refractivity contribution is -0.141. The highest BCUT2D eigenvalue weighted by atomic mass is 19.4. The van der Waals surface area contributed by atoms with E-state index in [1.165, 1.54) is 11.9 Å². The Morgan fingerprint density at radius 3 is 2.91 bits per heavy atom. The second-order valence-corrected chi connectivity index (χ2v) is 5.34. The number of aliphatic hydroxyl groups is 1. The van der Waals surface area contributed by atoms with Crippen LogP contribution in [0.4, 0.5) is 19.1 Å². The highest BCUT2D eigenvalue weighted by molar-refractivity contribution is 5.76. The number of nitrogens with one attached hydrogen (secondary N) is 1. The molecule has 122 valence electrons. The van der Waals surface area contributed by atoms with Gasteiger partial charge in [0.15, 0.2) is 0 Å². The number of carbonyl (C=O) groups excluding carboxylic acids is 1. The first kappa shape index (κ1) is 16.5. The Morgan fingerprint density at radius 1 is 1.55 bits per heavy atom. The molecule has 0 bridgehead atoms. The lowest BCUT2D eigenvalue weighted by Crippen LogP contribution is -2.51. The van der Waals surface area contributed by atoms with Gasteiger partial charge in [0.2, 0.25) is 11.9 Å². The molecule has 1 amide bonds. The normalized spacial score (nSPS) is 22.5. The summed E-state index contributed by atoms with van der Waals surface area (Å²) in [5, 5.41) is 12.9. The number of anilines is 1. The van der Waals surface area contributed by atoms with Gasteiger partial charge in [0.1, 0.15) is 5.69 Å². The van der Waals surface area contributed by atoms with Gasteiger partial charge in [0.05, 0.1) is 18.6 Å². The largest absolute Gasteiger partial charge is 0.433 e. The summed E-state index contributed by atoms with van der Waals surface area (Å²) in [7, 11) is 1.46. The van der Waals surface area contributed by atoms with Crippen LogP contribution in [-0.4, -0.2) is 46.7 Å². The van der Waals surface area contributed by atoms with E-state index in [1.807, 2.05) is 0 Å². The van der Waals surface area contributed by atoms with Crippen LogP contribution in [0, 0.1) is 0 Å². The molecule has 2 heterocycles. The van der Waals surface area contributed by atoms with Gasteiger partial charge in [-0.15, -0.1) is 0 Å². The van der Waals surface area contributed by atoms with Gasteiger partial charge in [-0.25, -0.2) is 9.97 Å². The summed E-state index contributed by atoms with van der Waals surface area (Å²) in [4.78, 5) is 20.3. The molecule has 1 saturated heterocycles. The number of hydrogen-bond donors (Lipinski definition) is 2. The lowest BCUT2D eigenvalue weighted by Gasteiger charge is -2.38. The molecule has 2 N–H and O–H groups in total. The number of amides is 1. The average molecular weight is 318 g/mol. The van der Waals surface area contributed by atoms with Crippen molar-refractivity contribution in [1.82, 2.24) is 15.3 Å². The minimum Gasteiger partial charge on any atom is -0.388 e. The summed E-state index contributed by atoms with van der Waals surface area (Å²) in [6, 6.07) is 0.796. The van der Waals surface area contributed by atoms with Gasteiger partial charge in [-0.3, -0.25) is 4.79 Å². The number of halogens is 3. The van der Waals surface area contributed by atoms with Gasteiger partial charge >= 0.3 is 6.18 Å². The second-order valence-electron chi connectivity index (χ2n) is 5.34. The number of carbonyl (C=O) groups is 1. The third-order valence-corrected chi connectivity index (χ3v) is 3.54. The first-order valence-electron chi connectivity index (χ1n) is 6.82. The highest BCUT2D eigenvalue weighted by Crippen LogP contribution is 2.30. The minimum absolute atomic E-state index is 0.0156. The number of β-amino-alcohol motifs (C(OH)–C–C–N with tert-alkyl or cyclic N) is 1. The molecule has 1 unspecified atom stereocenters. The Morgan fingerprint density at radius 2 is 2.27 bits per heavy atom. The molecular formula is C13H17F3N4O2. The minimum atomic E-state index is -4.55. The number of piperidine rings is 1. The standard InChI is InChI=1S/C13H17F3N4O2/c1-17-10(21)7-12(22)4-2-6-20(8-12)11-18-5-3-9(19-11)13(14,15)16/h3,5,22H,2,4,6-8H2,1H3,(H,17,21). The lowest BCUT2D eigenvalue weighted by atomic mass is 9.89. The molecular weight excluding hydrogens is 301 g/mol. The van der Waals surface area contributed by atoms with Crippen molar-refractivity contribution in [3.63, 3.8) is 0 Å². The van der Waals surface area contributed by atoms with Crippen molar-refractivity contribution in [1.29, 1.82) is 0 Å². The first-order chi connectivity index (χ1) is 10.2. The first-order valence-corrected chi connectivity index (χ1v) is 6.82. The molecule has 9 heteroatoms. The zero-order valence-electron chi connectivity index (χ0n) is 12.0. The summed E-state index contributed by atoms with van der Waals surface area (Å²) in [6.45, 7) is 0.444. The van der Waals surface area contributed by atoms with Crippen LogP contribution in [0.3, 0.4) is 0 Å². The Labute approximate surface area is 125 Å². The number of alkyl halides is 3. The number of rotatable bonds is 3. The molecule has 2 rings (SSSR count). The van der Waals surface area contributed by atoms with Crippen LogP contribution in [0.15, 0.2) is 12.3 Å². The van der Waals surface area contributed by atoms with Crippen LogP contribution in [0.2, 0.25) is 0 Å². The SMILES string of the molecule is CNC(=O)CC1(O)CCCN(c2nccc(C(F)(F)F)n2)C1. The van der Waals surface area contributed by atoms with E-state index in [1.54, 1.807) is 0 Å². The fourth-order valence-electron chi connectivity index (χ4n) is 2.47. The summed E-state index contributed by atoms with van der Waals surface area (Å²) >= 11 is 0. The third-order valence-electron chi connectivity index (χ3n) is 3.54. The van der Waals surface area contributed by atoms with Crippen molar-refractivity contribution in [3.05, 3.63) is 18.0 Å². The quantitative estimate of drug-likeness (QED) is 0.868. The van der Waals surface area contributed by atoms with Gasteiger partial charge < -0.3 is 15.3 Å². The molecule has 0 aromatic carbocycles. The third kappa shape index (κ3) is 3.85. The van der Waals surface area contributed by atoms with Crippen LogP contribution >= 0.6 is 0 Å². The van der Waals surface area contributed by atoms with Crippen LogP contribution < -0.4 is 10.2 Å². The fourth-order valence-corrected chi connectivity index (χ4v) is 2.47. The monoisotopic (exact) mass is 318 g/mol. The molecule has 1 aromatic rings. The van der Waals surface area contributed by atoms with E-state index >= 15 is 0 Å². The van der Waals surface area contributed by atoms with Crippen LogP contribution in [0.25, 0.3) is 0 Å². The molecule has 0 saturated carbocycles. The Balaban J connectivity index is 2.17. The molecule has 1 aliphatic rings. The molecule has 0 spiro atoms. The maximum absolute atomic E-state index is 12.7. The van der Waals surface area contributed by atoms with E-state index in [2.05, 4.69) is 15.3 Å². The van der Waals surface area contributed by atoms with E-state index in [-0.39, 0.29) is 24.8 Å². The Hall–Kier alpha value is -1.90. The number of nitrogens with zero attached hydrogens (tertiary/aromatic N) is 3. The summed E-state index contributed by atoms with van der Waals surface area (Å²) in [5.41, 5.74) is -2.33. The molecule has 6 nitrogen and oxygen atoms in total. The molecule has 0 radical (unpaired) electrons. The molecule has 22 heavy (non-hydrogen) atoms. The highest BCUT2D eigenvalue weighted by Gasteiger charge is 2.37. The summed E-state index contributed by atoms with van der Waals surface area (Å²) in [6.07, 6.45) is -2.69. The van der Waals surface area contributed by atoms with E-state index in [0.717, 1.165) is 12.3 Å². The molecule has 1 atom stereocenters. The predicted molar refractivity (Wildman–Crippen MR) is 72.1 cm³/mol. The van der Waals surface area contributed by atoms with Gasteiger partial charge in [-0.05, 0) is 18.9 Å². The van der Waals surface area contributed by atoms with Crippen molar-refractivity contribution < 1.29 is 23.1 Å². The van der Waals surface area contributed by atoms with E-state index < -0.39 is 17.5 Å². The van der Waals surface area contributed by atoms with Crippen molar-refractivity contribution in [2.75, 3.05) is 25.0 Å². The van der Waals surface area contributed by atoms with Crippen molar-refractivity contribution >= 4 is 11.9 Å². The molecule has 1 fully saturated rings. The van der Waals surface area contributed by atoms with E-state index in [9.17, 15) is 23.1 Å². The molecule has 1 aromatic heterocycles. The summed E-state index contributed by atoms with van der Waals surface area (Å²) in [5.74, 6) is -0.417. The maximum atomic E-state index is 12.7. The number of aromatic nitrogens is 2. The number of hydrogen-bond acceptors (Lipinski definition) is 5. The van der Waals surface area contributed by atoms with E-state index in [4.69, 9.17) is 0 Å². The Kier molecular flexibility index (Phi) is 4.55. The van der Waals surface area contributed by atoms with Crippen LogP contribution in [-0.2, 0) is 11.0 Å². The van der Waals surface area contributed by atoms with Gasteiger partial charge in [0, 0.05) is 19.8 Å². The topological polar surface area (TPSA) is 78.4 Å². The molecule has 1 aliphatic heterocycles. The molecule has 0 aliphatic carbocycles. The smallest absolute Gasteiger partial charge is 0.388 e. The summed E-state index contributed by atoms with van der Waals surface area (Å²) < 4.78 is 38.1. The Bertz CT molecular complexity index is 552. The van der Waals surface area contributed by atoms with Crippen LogP contribution in [0.1, 0.15) is 25.0 Å². The van der Waals surface area contributed by atoms with E-state index in [0.29, 0.717) is 19.4 Å². The maximum Gasteiger partial charge on any atom is 0.433 e. The zero-order valence-corrected chi connectivity index (χ0v) is 12.0. The fraction of sp³-hybridized carbons (Fsp3) is 0.615. The van der Waals surface area contributed by atoms with Gasteiger partial charge in [0.25, 0.3) is 0 Å². The zero-order chi connectivity index (χ0) is 16.4. The predicted octanol–water partition coefficient (Wildman–Crippen LogP) is 0.963. The second kappa shape index (κ2) is 6.07. The van der Waals surface area contributed by atoms with Crippen molar-refractivity contribution in [3.8, 4) is 0 Å². The van der Waals surface area contributed by atoms with Crippen molar-refractivity contribution in [2.45, 2.75) is 31.0 Å². The van der Waals surface area contributed by atoms with Gasteiger partial charge in [-0.1, -0.05) is 0 Å². The van der Waals surface area contributed by atoms with Crippen molar-refractivity contribution in [2.24, 2.45) is 0 Å². The average Bonchev–Trinajstić information content (AvgIpc) is 2.46. The van der Waals surface area contributed by atoms with Gasteiger partial charge in [-0.2, -0.15) is 13.2 Å². The van der Waals surface area contributed by atoms with Crippen LogP contribution in [0.5, 0.6) is 0 Å².